The van der Waals surface area contributed by atoms with E-state index < -0.39 is 5.97 Å². The van der Waals surface area contributed by atoms with Crippen LogP contribution in [0.15, 0.2) is 18.2 Å². The van der Waals surface area contributed by atoms with E-state index in [1.807, 2.05) is 12.1 Å². The number of ether oxygens (including phenoxy) is 2. The molecule has 5 nitrogen and oxygen atoms in total. The molecule has 0 spiro atoms. The highest BCUT2D eigenvalue weighted by Crippen LogP contribution is 2.29. The lowest BCUT2D eigenvalue weighted by molar-refractivity contribution is 0.0602. The number of hydrogen-bond donors (Lipinski definition) is 1. The maximum absolute atomic E-state index is 11.6. The van der Waals surface area contributed by atoms with Crippen molar-refractivity contribution in [1.82, 2.24) is 0 Å². The van der Waals surface area contributed by atoms with Crippen LogP contribution in [-0.2, 0) is 9.47 Å². The second-order valence-electron chi connectivity index (χ2n) is 4.65. The van der Waals surface area contributed by atoms with Crippen molar-refractivity contribution < 1.29 is 14.3 Å². The average Bonchev–Trinajstić information content (AvgIpc) is 2.47. The minimum Gasteiger partial charge on any atom is -0.465 e. The summed E-state index contributed by atoms with van der Waals surface area (Å²) >= 11 is 0. The molecule has 2 rings (SSSR count). The van der Waals surface area contributed by atoms with E-state index in [9.17, 15) is 4.79 Å². The minimum absolute atomic E-state index is 0.321. The summed E-state index contributed by atoms with van der Waals surface area (Å²) in [5, 5.41) is 0. The van der Waals surface area contributed by atoms with Crippen LogP contribution in [0, 0.1) is 0 Å². The van der Waals surface area contributed by atoms with Crippen molar-refractivity contribution in [3.05, 3.63) is 23.8 Å². The molecule has 1 aliphatic heterocycles. The number of nitrogen functional groups attached to an aromatic ring is 1. The summed E-state index contributed by atoms with van der Waals surface area (Å²) in [5.41, 5.74) is 7.90. The fourth-order valence-electron chi connectivity index (χ4n) is 2.45. The largest absolute Gasteiger partial charge is 0.465 e. The summed E-state index contributed by atoms with van der Waals surface area (Å²) in [6, 6.07) is 5.46. The fraction of sp³-hybridized carbons (Fsp3) is 0.500. The molecule has 104 valence electrons. The summed E-state index contributed by atoms with van der Waals surface area (Å²) in [7, 11) is 3.10. The molecule has 1 heterocycles. The van der Waals surface area contributed by atoms with Crippen LogP contribution in [0.5, 0.6) is 0 Å². The van der Waals surface area contributed by atoms with E-state index in [0.717, 1.165) is 31.6 Å². The topological polar surface area (TPSA) is 64.8 Å². The number of piperidine rings is 1. The van der Waals surface area contributed by atoms with Crippen LogP contribution in [0.2, 0.25) is 0 Å². The molecular weight excluding hydrogens is 244 g/mol. The summed E-state index contributed by atoms with van der Waals surface area (Å²) in [6.07, 6.45) is 2.26. The number of carbonyl (C=O) groups is 1. The van der Waals surface area contributed by atoms with Crippen LogP contribution < -0.4 is 10.6 Å². The molecule has 1 saturated heterocycles. The third-order valence-electron chi connectivity index (χ3n) is 3.60. The second-order valence-corrected chi connectivity index (χ2v) is 4.65. The third-order valence-corrected chi connectivity index (χ3v) is 3.60. The highest BCUT2D eigenvalue weighted by molar-refractivity contribution is 5.98. The number of carbonyl (C=O) groups excluding carboxylic acids is 1. The number of methoxy groups -OCH3 is 2. The number of hydrogen-bond acceptors (Lipinski definition) is 5. The zero-order chi connectivity index (χ0) is 13.8. The van der Waals surface area contributed by atoms with Gasteiger partial charge in [-0.25, -0.2) is 4.79 Å². The van der Waals surface area contributed by atoms with Crippen LogP contribution in [-0.4, -0.2) is 39.4 Å². The SMILES string of the molecule is COC(=O)c1cccc(N2CCC(OC)CC2)c1N. The predicted molar refractivity (Wildman–Crippen MR) is 74.4 cm³/mol. The Morgan fingerprint density at radius 3 is 2.58 bits per heavy atom. The average molecular weight is 264 g/mol. The van der Waals surface area contributed by atoms with Crippen molar-refractivity contribution in [2.45, 2.75) is 18.9 Å². The van der Waals surface area contributed by atoms with Crippen molar-refractivity contribution in [3.63, 3.8) is 0 Å². The van der Waals surface area contributed by atoms with Crippen molar-refractivity contribution >= 4 is 17.3 Å². The van der Waals surface area contributed by atoms with Gasteiger partial charge in [0.15, 0.2) is 0 Å². The number of para-hydroxylation sites is 1. The van der Waals surface area contributed by atoms with E-state index in [1.165, 1.54) is 7.11 Å². The Balaban J connectivity index is 2.19. The van der Waals surface area contributed by atoms with Crippen molar-refractivity contribution in [2.24, 2.45) is 0 Å². The Morgan fingerprint density at radius 1 is 1.32 bits per heavy atom. The summed E-state index contributed by atoms with van der Waals surface area (Å²) in [5.74, 6) is -0.397. The standard InChI is InChI=1S/C14H20N2O3/c1-18-10-6-8-16(9-7-10)12-5-3-4-11(13(12)15)14(17)19-2/h3-5,10H,6-9,15H2,1-2H3. The van der Waals surface area contributed by atoms with Crippen molar-refractivity contribution in [1.29, 1.82) is 0 Å². The Morgan fingerprint density at radius 2 is 2.00 bits per heavy atom. The van der Waals surface area contributed by atoms with Gasteiger partial charge in [-0.2, -0.15) is 0 Å². The molecule has 0 aliphatic carbocycles. The van der Waals surface area contributed by atoms with Gasteiger partial charge in [-0.1, -0.05) is 6.07 Å². The lowest BCUT2D eigenvalue weighted by Gasteiger charge is -2.33. The zero-order valence-electron chi connectivity index (χ0n) is 11.4. The monoisotopic (exact) mass is 264 g/mol. The Bertz CT molecular complexity index is 454. The second kappa shape index (κ2) is 5.93. The third kappa shape index (κ3) is 2.81. The van der Waals surface area contributed by atoms with E-state index in [2.05, 4.69) is 4.90 Å². The molecule has 0 radical (unpaired) electrons. The molecule has 1 aliphatic rings. The fourth-order valence-corrected chi connectivity index (χ4v) is 2.45. The Hall–Kier alpha value is -1.75. The molecule has 1 aromatic carbocycles. The number of anilines is 2. The van der Waals surface area contributed by atoms with Gasteiger partial charge in [0.1, 0.15) is 0 Å². The van der Waals surface area contributed by atoms with Gasteiger partial charge in [-0.15, -0.1) is 0 Å². The lowest BCUT2D eigenvalue weighted by Crippen LogP contribution is -2.37. The van der Waals surface area contributed by atoms with Crippen LogP contribution in [0.1, 0.15) is 23.2 Å². The molecule has 0 aromatic heterocycles. The molecule has 0 saturated carbocycles. The van der Waals surface area contributed by atoms with E-state index >= 15 is 0 Å². The molecule has 1 fully saturated rings. The number of nitrogens with two attached hydrogens (primary N) is 1. The molecule has 0 amide bonds. The molecule has 19 heavy (non-hydrogen) atoms. The number of nitrogens with zero attached hydrogens (tertiary/aromatic N) is 1. The van der Waals surface area contributed by atoms with Crippen molar-refractivity contribution in [3.8, 4) is 0 Å². The first kappa shape index (κ1) is 13.7. The van der Waals surface area contributed by atoms with E-state index in [-0.39, 0.29) is 0 Å². The van der Waals surface area contributed by atoms with Gasteiger partial charge in [-0.05, 0) is 25.0 Å². The molecule has 1 aromatic rings. The lowest BCUT2D eigenvalue weighted by atomic mass is 10.0. The summed E-state index contributed by atoms with van der Waals surface area (Å²) in [6.45, 7) is 1.76. The van der Waals surface area contributed by atoms with Gasteiger partial charge < -0.3 is 20.1 Å². The first-order valence-electron chi connectivity index (χ1n) is 6.42. The highest BCUT2D eigenvalue weighted by Gasteiger charge is 2.22. The van der Waals surface area contributed by atoms with Crippen LogP contribution >= 0.6 is 0 Å². The summed E-state index contributed by atoms with van der Waals surface area (Å²) < 4.78 is 10.1. The first-order valence-corrected chi connectivity index (χ1v) is 6.42. The number of benzene rings is 1. The molecular formula is C14H20N2O3. The number of esters is 1. The smallest absolute Gasteiger partial charge is 0.340 e. The molecule has 0 atom stereocenters. The van der Waals surface area contributed by atoms with E-state index in [0.29, 0.717) is 17.4 Å². The van der Waals surface area contributed by atoms with Gasteiger partial charge in [0.25, 0.3) is 0 Å². The molecule has 0 unspecified atom stereocenters. The van der Waals surface area contributed by atoms with Gasteiger partial charge in [-0.3, -0.25) is 0 Å². The Labute approximate surface area is 113 Å². The van der Waals surface area contributed by atoms with E-state index in [1.54, 1.807) is 13.2 Å². The van der Waals surface area contributed by atoms with Crippen LogP contribution in [0.3, 0.4) is 0 Å². The summed E-state index contributed by atoms with van der Waals surface area (Å²) in [4.78, 5) is 13.8. The first-order chi connectivity index (χ1) is 9.17. The van der Waals surface area contributed by atoms with Gasteiger partial charge in [0, 0.05) is 20.2 Å². The Kier molecular flexibility index (Phi) is 4.27. The van der Waals surface area contributed by atoms with Crippen LogP contribution in [0.25, 0.3) is 0 Å². The molecule has 5 heteroatoms. The van der Waals surface area contributed by atoms with Gasteiger partial charge >= 0.3 is 5.97 Å². The maximum Gasteiger partial charge on any atom is 0.340 e. The number of rotatable bonds is 3. The molecule has 2 N–H and O–H groups in total. The van der Waals surface area contributed by atoms with Gasteiger partial charge in [0.2, 0.25) is 0 Å². The van der Waals surface area contributed by atoms with Gasteiger partial charge in [0.05, 0.1) is 30.2 Å². The van der Waals surface area contributed by atoms with Crippen LogP contribution in [0.4, 0.5) is 11.4 Å². The normalized spacial score (nSPS) is 16.4. The maximum atomic E-state index is 11.6. The zero-order valence-corrected chi connectivity index (χ0v) is 11.4. The van der Waals surface area contributed by atoms with E-state index in [4.69, 9.17) is 15.2 Å². The molecule has 0 bridgehead atoms. The highest BCUT2D eigenvalue weighted by atomic mass is 16.5. The predicted octanol–water partition coefficient (Wildman–Crippen LogP) is 1.67. The van der Waals surface area contributed by atoms with Crippen molar-refractivity contribution in [2.75, 3.05) is 37.9 Å². The quantitative estimate of drug-likeness (QED) is 0.664. The minimum atomic E-state index is -0.397.